The van der Waals surface area contributed by atoms with E-state index >= 15 is 0 Å². The van der Waals surface area contributed by atoms with Crippen LogP contribution in [0.4, 0.5) is 0 Å². The van der Waals surface area contributed by atoms with Gasteiger partial charge in [-0.1, -0.05) is 26.7 Å². The smallest absolute Gasteiger partial charge is 0.0119 e. The highest BCUT2D eigenvalue weighted by Crippen LogP contribution is 2.25. The van der Waals surface area contributed by atoms with Gasteiger partial charge in [-0.15, -0.1) is 0 Å². The van der Waals surface area contributed by atoms with Gasteiger partial charge in [-0.2, -0.15) is 0 Å². The Bertz CT molecular complexity index is 147. The van der Waals surface area contributed by atoms with E-state index in [-0.39, 0.29) is 0 Å². The first kappa shape index (κ1) is 13.0. The average molecular weight is 212 g/mol. The van der Waals surface area contributed by atoms with Gasteiger partial charge in [0.2, 0.25) is 0 Å². The minimum Gasteiger partial charge on any atom is -0.317 e. The summed E-state index contributed by atoms with van der Waals surface area (Å²) in [7, 11) is 2.34. The molecule has 1 saturated carbocycles. The Morgan fingerprint density at radius 1 is 0.867 bits per heavy atom. The number of nitrogens with one attached hydrogen (secondary N) is 1. The third-order valence-electron chi connectivity index (χ3n) is 3.79. The van der Waals surface area contributed by atoms with Gasteiger partial charge in [-0.05, 0) is 45.8 Å². The van der Waals surface area contributed by atoms with E-state index in [1.54, 1.807) is 0 Å². The normalized spacial score (nSPS) is 24.0. The Hall–Kier alpha value is -0.0800. The van der Waals surface area contributed by atoms with Gasteiger partial charge in [0.15, 0.2) is 0 Å². The first-order valence-electron chi connectivity index (χ1n) is 6.80. The maximum Gasteiger partial charge on any atom is 0.0119 e. The van der Waals surface area contributed by atoms with E-state index in [4.69, 9.17) is 0 Å². The molecule has 2 aliphatic rings. The van der Waals surface area contributed by atoms with Crippen LogP contribution >= 0.6 is 0 Å². The number of hydrogen-bond acceptors (Lipinski definition) is 2. The molecule has 90 valence electrons. The van der Waals surface area contributed by atoms with Crippen LogP contribution in [0, 0.1) is 0 Å². The highest BCUT2D eigenvalue weighted by atomic mass is 15.2. The van der Waals surface area contributed by atoms with Crippen molar-refractivity contribution < 1.29 is 0 Å². The summed E-state index contributed by atoms with van der Waals surface area (Å²) in [6.07, 6.45) is 8.51. The summed E-state index contributed by atoms with van der Waals surface area (Å²) in [4.78, 5) is 2.66. The maximum absolute atomic E-state index is 3.43. The summed E-state index contributed by atoms with van der Waals surface area (Å²) in [5.74, 6) is 0. The molecule has 2 nitrogen and oxygen atoms in total. The molecule has 1 aliphatic heterocycles. The van der Waals surface area contributed by atoms with E-state index in [1.165, 1.54) is 51.6 Å². The molecule has 2 heteroatoms. The third kappa shape index (κ3) is 3.76. The van der Waals surface area contributed by atoms with Crippen LogP contribution in [0.25, 0.3) is 0 Å². The lowest BCUT2D eigenvalue weighted by Crippen LogP contribution is -2.45. The molecule has 0 unspecified atom stereocenters. The lowest BCUT2D eigenvalue weighted by atomic mass is 10.0. The highest BCUT2D eigenvalue weighted by Gasteiger charge is 2.26. The zero-order valence-corrected chi connectivity index (χ0v) is 10.8. The summed E-state index contributed by atoms with van der Waals surface area (Å²) >= 11 is 0. The minimum atomic E-state index is 0.865. The van der Waals surface area contributed by atoms with Crippen LogP contribution in [0.1, 0.15) is 52.4 Å². The molecule has 0 atom stereocenters. The van der Waals surface area contributed by atoms with Crippen molar-refractivity contribution in [3.63, 3.8) is 0 Å². The summed E-state index contributed by atoms with van der Waals surface area (Å²) in [5.41, 5.74) is 0. The van der Waals surface area contributed by atoms with Gasteiger partial charge >= 0.3 is 0 Å². The molecule has 2 fully saturated rings. The second-order valence-electron chi connectivity index (χ2n) is 4.58. The maximum atomic E-state index is 3.43. The van der Waals surface area contributed by atoms with Crippen LogP contribution in [0.3, 0.4) is 0 Å². The van der Waals surface area contributed by atoms with E-state index in [9.17, 15) is 0 Å². The van der Waals surface area contributed by atoms with Gasteiger partial charge in [0.1, 0.15) is 0 Å². The molecule has 0 spiro atoms. The van der Waals surface area contributed by atoms with Crippen LogP contribution in [0.15, 0.2) is 0 Å². The molecule has 1 heterocycles. The van der Waals surface area contributed by atoms with Gasteiger partial charge in [0.25, 0.3) is 0 Å². The predicted molar refractivity (Wildman–Crippen MR) is 67.3 cm³/mol. The summed E-state index contributed by atoms with van der Waals surface area (Å²) in [6.45, 7) is 6.45. The Morgan fingerprint density at radius 2 is 1.33 bits per heavy atom. The first-order chi connectivity index (χ1) is 7.38. The van der Waals surface area contributed by atoms with Gasteiger partial charge < -0.3 is 10.2 Å². The van der Waals surface area contributed by atoms with E-state index in [0.717, 1.165) is 12.1 Å². The van der Waals surface area contributed by atoms with E-state index in [1.807, 2.05) is 13.8 Å². The molecule has 1 N–H and O–H groups in total. The van der Waals surface area contributed by atoms with E-state index in [0.29, 0.717) is 0 Å². The van der Waals surface area contributed by atoms with Crippen molar-refractivity contribution in [3.8, 4) is 0 Å². The number of rotatable bonds is 2. The zero-order valence-electron chi connectivity index (χ0n) is 10.8. The second-order valence-corrected chi connectivity index (χ2v) is 4.58. The van der Waals surface area contributed by atoms with Crippen molar-refractivity contribution >= 4 is 0 Å². The van der Waals surface area contributed by atoms with Gasteiger partial charge in [-0.3, -0.25) is 0 Å². The van der Waals surface area contributed by atoms with Crippen molar-refractivity contribution in [2.24, 2.45) is 0 Å². The lowest BCUT2D eigenvalue weighted by Gasteiger charge is -2.35. The van der Waals surface area contributed by atoms with E-state index in [2.05, 4.69) is 17.3 Å². The summed E-state index contributed by atoms with van der Waals surface area (Å²) < 4.78 is 0. The molecule has 0 radical (unpaired) electrons. The number of piperidine rings is 1. The van der Waals surface area contributed by atoms with Crippen molar-refractivity contribution in [1.82, 2.24) is 10.2 Å². The highest BCUT2D eigenvalue weighted by molar-refractivity contribution is 4.83. The molecular formula is C13H28N2. The molecule has 0 amide bonds. The standard InChI is InChI=1S/C11H22N2.C2H6/c1-13(10-4-2-3-5-10)11-6-8-12-9-7-11;1-2/h10-12H,2-9H2,1H3;1-2H3. The van der Waals surface area contributed by atoms with Gasteiger partial charge in [0, 0.05) is 12.1 Å². The topological polar surface area (TPSA) is 15.3 Å². The quantitative estimate of drug-likeness (QED) is 0.757. The van der Waals surface area contributed by atoms with E-state index < -0.39 is 0 Å². The van der Waals surface area contributed by atoms with Crippen molar-refractivity contribution in [3.05, 3.63) is 0 Å². The largest absolute Gasteiger partial charge is 0.317 e. The summed E-state index contributed by atoms with van der Waals surface area (Å²) in [5, 5.41) is 3.43. The lowest BCUT2D eigenvalue weighted by molar-refractivity contribution is 0.145. The second kappa shape index (κ2) is 7.24. The van der Waals surface area contributed by atoms with Crippen LogP contribution in [0.2, 0.25) is 0 Å². The Kier molecular flexibility index (Phi) is 6.26. The fourth-order valence-electron chi connectivity index (χ4n) is 2.82. The summed E-state index contributed by atoms with van der Waals surface area (Å²) in [6, 6.07) is 1.77. The molecule has 2 rings (SSSR count). The number of nitrogens with zero attached hydrogens (tertiary/aromatic N) is 1. The van der Waals surface area contributed by atoms with Crippen molar-refractivity contribution in [1.29, 1.82) is 0 Å². The van der Waals surface area contributed by atoms with Crippen LogP contribution in [-0.2, 0) is 0 Å². The zero-order chi connectivity index (χ0) is 11.1. The average Bonchev–Trinajstić information content (AvgIpc) is 2.85. The fourth-order valence-corrected chi connectivity index (χ4v) is 2.82. The molecule has 1 saturated heterocycles. The SMILES string of the molecule is CC.CN(C1CCCC1)C1CCNCC1. The van der Waals surface area contributed by atoms with Crippen LogP contribution in [-0.4, -0.2) is 37.1 Å². The molecule has 0 bridgehead atoms. The molecule has 1 aliphatic carbocycles. The predicted octanol–water partition coefficient (Wildman–Crippen LogP) is 2.64. The Balaban J connectivity index is 0.000000531. The molecule has 15 heavy (non-hydrogen) atoms. The molecule has 0 aromatic heterocycles. The monoisotopic (exact) mass is 212 g/mol. The minimum absolute atomic E-state index is 0.865. The first-order valence-corrected chi connectivity index (χ1v) is 6.80. The molecule has 0 aromatic carbocycles. The molecular weight excluding hydrogens is 184 g/mol. The van der Waals surface area contributed by atoms with Crippen molar-refractivity contribution in [2.75, 3.05) is 20.1 Å². The third-order valence-corrected chi connectivity index (χ3v) is 3.79. The Morgan fingerprint density at radius 3 is 1.87 bits per heavy atom. The van der Waals surface area contributed by atoms with Crippen molar-refractivity contribution in [2.45, 2.75) is 64.5 Å². The fraction of sp³-hybridized carbons (Fsp3) is 1.00. The Labute approximate surface area is 95.4 Å². The van der Waals surface area contributed by atoms with Crippen LogP contribution in [0.5, 0.6) is 0 Å². The van der Waals surface area contributed by atoms with Gasteiger partial charge in [0.05, 0.1) is 0 Å². The van der Waals surface area contributed by atoms with Gasteiger partial charge in [-0.25, -0.2) is 0 Å². The van der Waals surface area contributed by atoms with Crippen LogP contribution < -0.4 is 5.32 Å². The molecule has 0 aromatic rings. The number of hydrogen-bond donors (Lipinski definition) is 1.